The van der Waals surface area contributed by atoms with Crippen LogP contribution in [0.5, 0.6) is 0 Å². The van der Waals surface area contributed by atoms with E-state index in [4.69, 9.17) is 4.98 Å². The lowest BCUT2D eigenvalue weighted by atomic mass is 10.1. The number of fused-ring (bicyclic) bond motifs is 5. The molecule has 32 heavy (non-hydrogen) atoms. The topological polar surface area (TPSA) is 22.2 Å². The van der Waals surface area contributed by atoms with E-state index in [1.807, 2.05) is 0 Å². The standard InChI is InChI=1S/C28H22BrN3/c29-22-14-12-21(13-15-22)25-19-31-18-16-24-23-10-4-5-11-26(23)32(27(24)28(31)30-25)17-6-9-20-7-2-1-3-8-20/h1-5,7-8,10-16,18-19H,6,9,17H2. The van der Waals surface area contributed by atoms with Crippen molar-refractivity contribution in [2.45, 2.75) is 19.4 Å². The number of rotatable bonds is 5. The Labute approximate surface area is 195 Å². The molecule has 0 atom stereocenters. The molecule has 3 nitrogen and oxygen atoms in total. The number of imidazole rings is 1. The molecular formula is C28H22BrN3. The largest absolute Gasteiger partial charge is 0.337 e. The summed E-state index contributed by atoms with van der Waals surface area (Å²) >= 11 is 3.53. The molecule has 0 amide bonds. The number of halogens is 1. The Morgan fingerprint density at radius 3 is 2.41 bits per heavy atom. The number of hydrogen-bond acceptors (Lipinski definition) is 1. The lowest BCUT2D eigenvalue weighted by Crippen LogP contribution is -2.01. The molecule has 0 aliphatic carbocycles. The lowest BCUT2D eigenvalue weighted by Gasteiger charge is -2.08. The number of pyridine rings is 1. The van der Waals surface area contributed by atoms with Gasteiger partial charge in [-0.05, 0) is 42.7 Å². The fraction of sp³-hybridized carbons (Fsp3) is 0.107. The van der Waals surface area contributed by atoms with Gasteiger partial charge < -0.3 is 8.97 Å². The van der Waals surface area contributed by atoms with Crippen molar-refractivity contribution < 1.29 is 0 Å². The van der Waals surface area contributed by atoms with Gasteiger partial charge in [0.15, 0.2) is 5.65 Å². The summed E-state index contributed by atoms with van der Waals surface area (Å²) in [5, 5.41) is 2.55. The molecule has 6 rings (SSSR count). The van der Waals surface area contributed by atoms with E-state index < -0.39 is 0 Å². The molecule has 0 aliphatic heterocycles. The van der Waals surface area contributed by atoms with Crippen LogP contribution >= 0.6 is 15.9 Å². The van der Waals surface area contributed by atoms with Crippen molar-refractivity contribution >= 4 is 43.4 Å². The van der Waals surface area contributed by atoms with Crippen LogP contribution in [0.2, 0.25) is 0 Å². The van der Waals surface area contributed by atoms with E-state index in [2.05, 4.69) is 122 Å². The zero-order valence-electron chi connectivity index (χ0n) is 17.6. The van der Waals surface area contributed by atoms with E-state index in [-0.39, 0.29) is 0 Å². The van der Waals surface area contributed by atoms with Gasteiger partial charge in [-0.15, -0.1) is 0 Å². The van der Waals surface area contributed by atoms with Crippen LogP contribution in [0.4, 0.5) is 0 Å². The number of benzene rings is 3. The Balaban J connectivity index is 1.49. The maximum Gasteiger partial charge on any atom is 0.162 e. The molecule has 0 saturated heterocycles. The van der Waals surface area contributed by atoms with E-state index >= 15 is 0 Å². The highest BCUT2D eigenvalue weighted by molar-refractivity contribution is 9.10. The molecule has 3 aromatic heterocycles. The predicted octanol–water partition coefficient (Wildman–Crippen LogP) is 7.50. The molecular weight excluding hydrogens is 458 g/mol. The Hall–Kier alpha value is -3.37. The van der Waals surface area contributed by atoms with Crippen molar-refractivity contribution in [2.75, 3.05) is 0 Å². The van der Waals surface area contributed by atoms with Crippen LogP contribution < -0.4 is 0 Å². The monoisotopic (exact) mass is 479 g/mol. The first-order chi connectivity index (χ1) is 15.8. The minimum absolute atomic E-state index is 0.957. The molecule has 0 unspecified atom stereocenters. The van der Waals surface area contributed by atoms with Crippen LogP contribution in [0.25, 0.3) is 38.7 Å². The third kappa shape index (κ3) is 3.32. The van der Waals surface area contributed by atoms with Crippen LogP contribution in [0, 0.1) is 0 Å². The summed E-state index contributed by atoms with van der Waals surface area (Å²) in [5.74, 6) is 0. The molecule has 0 aliphatic rings. The second-order valence-corrected chi connectivity index (χ2v) is 9.12. The van der Waals surface area contributed by atoms with E-state index in [1.165, 1.54) is 27.4 Å². The molecule has 4 heteroatoms. The highest BCUT2D eigenvalue weighted by Gasteiger charge is 2.16. The van der Waals surface area contributed by atoms with Gasteiger partial charge in [0.1, 0.15) is 0 Å². The van der Waals surface area contributed by atoms with Gasteiger partial charge in [-0.1, -0.05) is 76.6 Å². The SMILES string of the molecule is Brc1ccc(-c2cn3ccc4c5ccccc5n(CCCc5ccccc5)c4c3n2)cc1. The van der Waals surface area contributed by atoms with Crippen LogP contribution in [0.3, 0.4) is 0 Å². The highest BCUT2D eigenvalue weighted by Crippen LogP contribution is 2.33. The first-order valence-electron chi connectivity index (χ1n) is 11.0. The van der Waals surface area contributed by atoms with Gasteiger partial charge in [0.25, 0.3) is 0 Å². The van der Waals surface area contributed by atoms with E-state index in [9.17, 15) is 0 Å². The van der Waals surface area contributed by atoms with Gasteiger partial charge in [0, 0.05) is 45.3 Å². The molecule has 156 valence electrons. The van der Waals surface area contributed by atoms with Crippen molar-refractivity contribution in [1.82, 2.24) is 14.0 Å². The van der Waals surface area contributed by atoms with Gasteiger partial charge in [-0.3, -0.25) is 0 Å². The van der Waals surface area contributed by atoms with Crippen molar-refractivity contribution in [3.63, 3.8) is 0 Å². The summed E-state index contributed by atoms with van der Waals surface area (Å²) in [5.41, 5.74) is 7.00. The van der Waals surface area contributed by atoms with Gasteiger partial charge in [0.2, 0.25) is 0 Å². The van der Waals surface area contributed by atoms with Crippen LogP contribution in [0.15, 0.2) is 102 Å². The van der Waals surface area contributed by atoms with Gasteiger partial charge in [0.05, 0.1) is 11.2 Å². The molecule has 0 spiro atoms. The normalized spacial score (nSPS) is 11.7. The molecule has 3 aromatic carbocycles. The van der Waals surface area contributed by atoms with E-state index in [0.717, 1.165) is 40.8 Å². The molecule has 6 aromatic rings. The molecule has 3 heterocycles. The number of aryl methyl sites for hydroxylation is 2. The highest BCUT2D eigenvalue weighted by atomic mass is 79.9. The average Bonchev–Trinajstić information content (AvgIpc) is 3.40. The Morgan fingerprint density at radius 2 is 1.56 bits per heavy atom. The predicted molar refractivity (Wildman–Crippen MR) is 136 cm³/mol. The summed E-state index contributed by atoms with van der Waals surface area (Å²) in [6.07, 6.45) is 6.41. The average molecular weight is 480 g/mol. The lowest BCUT2D eigenvalue weighted by molar-refractivity contribution is 0.678. The van der Waals surface area contributed by atoms with E-state index in [1.54, 1.807) is 0 Å². The second-order valence-electron chi connectivity index (χ2n) is 8.20. The molecule has 0 radical (unpaired) electrons. The second kappa shape index (κ2) is 7.95. The zero-order valence-corrected chi connectivity index (χ0v) is 19.2. The quantitative estimate of drug-likeness (QED) is 0.250. The third-order valence-electron chi connectivity index (χ3n) is 6.19. The first-order valence-corrected chi connectivity index (χ1v) is 11.8. The fourth-order valence-electron chi connectivity index (χ4n) is 4.66. The summed E-state index contributed by atoms with van der Waals surface area (Å²) in [4.78, 5) is 5.09. The number of para-hydroxylation sites is 1. The summed E-state index contributed by atoms with van der Waals surface area (Å²) in [6.45, 7) is 0.957. The van der Waals surface area contributed by atoms with Crippen LogP contribution in [0.1, 0.15) is 12.0 Å². The Kier molecular flexibility index (Phi) is 4.80. The summed E-state index contributed by atoms with van der Waals surface area (Å²) in [7, 11) is 0. The van der Waals surface area contributed by atoms with E-state index in [0.29, 0.717) is 0 Å². The van der Waals surface area contributed by atoms with Gasteiger partial charge >= 0.3 is 0 Å². The number of aromatic nitrogens is 3. The number of nitrogens with zero attached hydrogens (tertiary/aromatic N) is 3. The minimum atomic E-state index is 0.957. The van der Waals surface area contributed by atoms with Crippen molar-refractivity contribution in [3.05, 3.63) is 107 Å². The minimum Gasteiger partial charge on any atom is -0.337 e. The van der Waals surface area contributed by atoms with Gasteiger partial charge in [-0.25, -0.2) is 4.98 Å². The van der Waals surface area contributed by atoms with Crippen LogP contribution in [-0.2, 0) is 13.0 Å². The van der Waals surface area contributed by atoms with Gasteiger partial charge in [-0.2, -0.15) is 0 Å². The Bertz CT molecular complexity index is 1540. The molecule has 0 bridgehead atoms. The first kappa shape index (κ1) is 19.3. The third-order valence-corrected chi connectivity index (χ3v) is 6.71. The Morgan fingerprint density at radius 1 is 0.781 bits per heavy atom. The smallest absolute Gasteiger partial charge is 0.162 e. The summed E-state index contributed by atoms with van der Waals surface area (Å²) in [6, 6.07) is 30.0. The zero-order chi connectivity index (χ0) is 21.5. The fourth-order valence-corrected chi connectivity index (χ4v) is 4.92. The van der Waals surface area contributed by atoms with Crippen LogP contribution in [-0.4, -0.2) is 14.0 Å². The molecule has 0 saturated carbocycles. The van der Waals surface area contributed by atoms with Crippen molar-refractivity contribution in [1.29, 1.82) is 0 Å². The summed E-state index contributed by atoms with van der Waals surface area (Å²) < 4.78 is 5.69. The van der Waals surface area contributed by atoms with Crippen molar-refractivity contribution in [3.8, 4) is 11.3 Å². The maximum atomic E-state index is 5.09. The van der Waals surface area contributed by atoms with Crippen molar-refractivity contribution in [2.24, 2.45) is 0 Å². The molecule has 0 fully saturated rings. The molecule has 0 N–H and O–H groups in total. The maximum absolute atomic E-state index is 5.09. The number of hydrogen-bond donors (Lipinski definition) is 0.